The first kappa shape index (κ1) is 19.2. The minimum absolute atomic E-state index is 0.00369. The van der Waals surface area contributed by atoms with Gasteiger partial charge < -0.3 is 10.6 Å². The number of anilines is 2. The zero-order valence-corrected chi connectivity index (χ0v) is 15.4. The molecule has 5 nitrogen and oxygen atoms in total. The van der Waals surface area contributed by atoms with Crippen molar-refractivity contribution in [1.82, 2.24) is 10.3 Å². The molecule has 0 saturated heterocycles. The molecule has 0 atom stereocenters. The number of Topliss-reactive ketones (excluding diaryl/α,β-unsaturated/α-hetero) is 1. The molecule has 0 aliphatic heterocycles. The minimum Gasteiger partial charge on any atom is -0.352 e. The topological polar surface area (TPSA) is 71.1 Å². The van der Waals surface area contributed by atoms with Crippen LogP contribution in [0, 0.1) is 5.82 Å². The van der Waals surface area contributed by atoms with Gasteiger partial charge >= 0.3 is 0 Å². The molecule has 3 aromatic rings. The fourth-order valence-corrected chi connectivity index (χ4v) is 2.65. The molecular weight excluding hydrogens is 357 g/mol. The Kier molecular flexibility index (Phi) is 6.11. The molecule has 0 aliphatic rings. The van der Waals surface area contributed by atoms with E-state index in [1.54, 1.807) is 54.7 Å². The number of nitrogens with one attached hydrogen (secondary N) is 2. The molecule has 0 saturated carbocycles. The molecule has 0 radical (unpaired) electrons. The summed E-state index contributed by atoms with van der Waals surface area (Å²) < 4.78 is 12.9. The van der Waals surface area contributed by atoms with E-state index >= 15 is 0 Å². The summed E-state index contributed by atoms with van der Waals surface area (Å²) in [5.41, 5.74) is 2.84. The third-order valence-electron chi connectivity index (χ3n) is 4.20. The predicted molar refractivity (Wildman–Crippen MR) is 106 cm³/mol. The van der Waals surface area contributed by atoms with Crippen molar-refractivity contribution in [1.29, 1.82) is 0 Å². The SMILES string of the molecule is CC(=O)c1ccc(Nc2cc(C(=O)NCCc3ccc(F)cc3)ccn2)cc1. The molecule has 28 heavy (non-hydrogen) atoms. The summed E-state index contributed by atoms with van der Waals surface area (Å²) in [4.78, 5) is 27.9. The summed E-state index contributed by atoms with van der Waals surface area (Å²) in [6.45, 7) is 1.96. The van der Waals surface area contributed by atoms with Crippen molar-refractivity contribution in [2.75, 3.05) is 11.9 Å². The Bertz CT molecular complexity index is 970. The summed E-state index contributed by atoms with van der Waals surface area (Å²) in [5.74, 6) is 0.0470. The van der Waals surface area contributed by atoms with Gasteiger partial charge in [0, 0.05) is 29.6 Å². The highest BCUT2D eigenvalue weighted by Gasteiger charge is 2.07. The van der Waals surface area contributed by atoms with E-state index in [9.17, 15) is 14.0 Å². The Balaban J connectivity index is 1.58. The number of ketones is 1. The lowest BCUT2D eigenvalue weighted by atomic mass is 10.1. The van der Waals surface area contributed by atoms with Gasteiger partial charge in [0.15, 0.2) is 5.78 Å². The van der Waals surface area contributed by atoms with Crippen LogP contribution in [-0.4, -0.2) is 23.2 Å². The average Bonchev–Trinajstić information content (AvgIpc) is 2.70. The molecule has 0 spiro atoms. The summed E-state index contributed by atoms with van der Waals surface area (Å²) in [6.07, 6.45) is 2.17. The third kappa shape index (κ3) is 5.23. The van der Waals surface area contributed by atoms with Gasteiger partial charge in [-0.15, -0.1) is 0 Å². The second-order valence-corrected chi connectivity index (χ2v) is 6.32. The van der Waals surface area contributed by atoms with Gasteiger partial charge in [0.1, 0.15) is 11.6 Å². The van der Waals surface area contributed by atoms with E-state index in [1.165, 1.54) is 19.1 Å². The Morgan fingerprint density at radius 2 is 1.68 bits per heavy atom. The van der Waals surface area contributed by atoms with Gasteiger partial charge in [-0.2, -0.15) is 0 Å². The normalized spacial score (nSPS) is 10.4. The zero-order chi connectivity index (χ0) is 19.9. The van der Waals surface area contributed by atoms with E-state index in [0.717, 1.165) is 11.3 Å². The summed E-state index contributed by atoms with van der Waals surface area (Å²) in [5, 5.41) is 5.96. The lowest BCUT2D eigenvalue weighted by Crippen LogP contribution is -2.25. The number of carbonyl (C=O) groups is 2. The van der Waals surface area contributed by atoms with Crippen LogP contribution in [-0.2, 0) is 6.42 Å². The molecule has 1 heterocycles. The fraction of sp³-hybridized carbons (Fsp3) is 0.136. The first-order valence-corrected chi connectivity index (χ1v) is 8.88. The van der Waals surface area contributed by atoms with Crippen molar-refractivity contribution in [3.8, 4) is 0 Å². The van der Waals surface area contributed by atoms with Gasteiger partial charge in [0.2, 0.25) is 0 Å². The number of hydrogen-bond acceptors (Lipinski definition) is 4. The molecule has 0 unspecified atom stereocenters. The van der Waals surface area contributed by atoms with Crippen molar-refractivity contribution in [3.63, 3.8) is 0 Å². The molecule has 1 amide bonds. The standard InChI is InChI=1S/C22H20FN3O2/c1-15(27)17-4-8-20(9-5-17)26-21-14-18(11-13-24-21)22(28)25-12-10-16-2-6-19(23)7-3-16/h2-9,11,13-14H,10,12H2,1H3,(H,24,26)(H,25,28). The molecule has 2 aromatic carbocycles. The highest BCUT2D eigenvalue weighted by atomic mass is 19.1. The van der Waals surface area contributed by atoms with E-state index in [-0.39, 0.29) is 17.5 Å². The molecule has 2 N–H and O–H groups in total. The van der Waals surface area contributed by atoms with Gasteiger partial charge in [-0.1, -0.05) is 12.1 Å². The number of amides is 1. The van der Waals surface area contributed by atoms with Gasteiger partial charge in [0.25, 0.3) is 5.91 Å². The van der Waals surface area contributed by atoms with E-state index < -0.39 is 0 Å². The second-order valence-electron chi connectivity index (χ2n) is 6.32. The van der Waals surface area contributed by atoms with Crippen LogP contribution in [0.25, 0.3) is 0 Å². The number of halogens is 1. The molecule has 6 heteroatoms. The smallest absolute Gasteiger partial charge is 0.251 e. The summed E-state index contributed by atoms with van der Waals surface area (Å²) >= 11 is 0. The van der Waals surface area contributed by atoms with Crippen molar-refractivity contribution in [3.05, 3.63) is 89.4 Å². The summed E-state index contributed by atoms with van der Waals surface area (Å²) in [6, 6.07) is 16.5. The Labute approximate surface area is 162 Å². The fourth-order valence-electron chi connectivity index (χ4n) is 2.65. The summed E-state index contributed by atoms with van der Waals surface area (Å²) in [7, 11) is 0. The number of carbonyl (C=O) groups excluding carboxylic acids is 2. The van der Waals surface area contributed by atoms with E-state index in [4.69, 9.17) is 0 Å². The van der Waals surface area contributed by atoms with Crippen molar-refractivity contribution < 1.29 is 14.0 Å². The van der Waals surface area contributed by atoms with Gasteiger partial charge in [-0.05, 0) is 67.4 Å². The van der Waals surface area contributed by atoms with E-state index in [1.807, 2.05) is 0 Å². The van der Waals surface area contributed by atoms with Crippen LogP contribution < -0.4 is 10.6 Å². The van der Waals surface area contributed by atoms with Crippen LogP contribution in [0.3, 0.4) is 0 Å². The Hall–Kier alpha value is -3.54. The molecular formula is C22H20FN3O2. The zero-order valence-electron chi connectivity index (χ0n) is 15.4. The maximum atomic E-state index is 12.9. The van der Waals surface area contributed by atoms with Gasteiger partial charge in [0.05, 0.1) is 0 Å². The largest absolute Gasteiger partial charge is 0.352 e. The molecule has 142 valence electrons. The number of hydrogen-bond donors (Lipinski definition) is 2. The molecule has 0 bridgehead atoms. The third-order valence-corrected chi connectivity index (χ3v) is 4.20. The van der Waals surface area contributed by atoms with Crippen molar-refractivity contribution >= 4 is 23.2 Å². The molecule has 3 rings (SSSR count). The van der Waals surface area contributed by atoms with Crippen molar-refractivity contribution in [2.24, 2.45) is 0 Å². The van der Waals surface area contributed by atoms with Crippen LogP contribution >= 0.6 is 0 Å². The number of benzene rings is 2. The van der Waals surface area contributed by atoms with Crippen LogP contribution in [0.15, 0.2) is 66.9 Å². The van der Waals surface area contributed by atoms with Crippen LogP contribution in [0.4, 0.5) is 15.9 Å². The monoisotopic (exact) mass is 377 g/mol. The molecule has 1 aromatic heterocycles. The quantitative estimate of drug-likeness (QED) is 0.607. The van der Waals surface area contributed by atoms with E-state index in [2.05, 4.69) is 15.6 Å². The highest BCUT2D eigenvalue weighted by molar-refractivity contribution is 5.95. The molecule has 0 fully saturated rings. The van der Waals surface area contributed by atoms with Gasteiger partial charge in [-0.25, -0.2) is 9.37 Å². The lowest BCUT2D eigenvalue weighted by molar-refractivity contribution is 0.0953. The Morgan fingerprint density at radius 1 is 0.964 bits per heavy atom. The lowest BCUT2D eigenvalue weighted by Gasteiger charge is -2.09. The maximum Gasteiger partial charge on any atom is 0.251 e. The predicted octanol–water partition coefficient (Wildman–Crippen LogP) is 4.14. The molecule has 0 aliphatic carbocycles. The van der Waals surface area contributed by atoms with Crippen LogP contribution in [0.5, 0.6) is 0 Å². The second kappa shape index (κ2) is 8.90. The maximum absolute atomic E-state index is 12.9. The number of aromatic nitrogens is 1. The highest BCUT2D eigenvalue weighted by Crippen LogP contribution is 2.16. The number of nitrogens with zero attached hydrogens (tertiary/aromatic N) is 1. The van der Waals surface area contributed by atoms with E-state index in [0.29, 0.717) is 29.9 Å². The first-order valence-electron chi connectivity index (χ1n) is 8.88. The average molecular weight is 377 g/mol. The van der Waals surface area contributed by atoms with Crippen LogP contribution in [0.2, 0.25) is 0 Å². The Morgan fingerprint density at radius 3 is 2.36 bits per heavy atom. The first-order chi connectivity index (χ1) is 13.5. The number of rotatable bonds is 7. The van der Waals surface area contributed by atoms with Crippen LogP contribution in [0.1, 0.15) is 33.2 Å². The van der Waals surface area contributed by atoms with Gasteiger partial charge in [-0.3, -0.25) is 9.59 Å². The number of pyridine rings is 1. The van der Waals surface area contributed by atoms with Crippen molar-refractivity contribution in [2.45, 2.75) is 13.3 Å². The minimum atomic E-state index is -0.277.